The largest absolute Gasteiger partial charge is 0.389 e. The molecule has 0 fully saturated rings. The zero-order chi connectivity index (χ0) is 23.9. The van der Waals surface area contributed by atoms with Gasteiger partial charge in [0.15, 0.2) is 15.7 Å². The van der Waals surface area contributed by atoms with Crippen LogP contribution in [0.25, 0.3) is 11.5 Å². The zero-order valence-corrected chi connectivity index (χ0v) is 18.4. The van der Waals surface area contributed by atoms with Gasteiger partial charge in [-0.05, 0) is 30.8 Å². The molecule has 174 valence electrons. The Morgan fingerprint density at radius 3 is 2.62 bits per heavy atom. The SMILES string of the molecule is C=N/C=C\C=N/Cc1cnc(-c2ncc([C@@H](F)CCC(F)(F)F)n2C)c(S(=O)(=O)CC)c1. The molecule has 0 radical (unpaired) electrons. The highest BCUT2D eigenvalue weighted by Crippen LogP contribution is 2.33. The van der Waals surface area contributed by atoms with Gasteiger partial charge >= 0.3 is 6.18 Å². The fourth-order valence-corrected chi connectivity index (χ4v) is 3.90. The average molecular weight is 473 g/mol. The first kappa shape index (κ1) is 25.4. The van der Waals surface area contributed by atoms with E-state index in [1.54, 1.807) is 6.08 Å². The Bertz CT molecular complexity index is 1110. The summed E-state index contributed by atoms with van der Waals surface area (Å²) in [6, 6.07) is 1.42. The molecule has 0 unspecified atom stereocenters. The van der Waals surface area contributed by atoms with Gasteiger partial charge in [0.25, 0.3) is 0 Å². The first-order chi connectivity index (χ1) is 15.0. The molecule has 2 heterocycles. The number of sulfone groups is 1. The Hall–Kier alpha value is -2.89. The van der Waals surface area contributed by atoms with E-state index < -0.39 is 35.0 Å². The van der Waals surface area contributed by atoms with Crippen LogP contribution in [0.3, 0.4) is 0 Å². The van der Waals surface area contributed by atoms with Crippen molar-refractivity contribution >= 4 is 22.8 Å². The molecule has 2 aromatic rings. The van der Waals surface area contributed by atoms with Gasteiger partial charge < -0.3 is 4.57 Å². The minimum Gasteiger partial charge on any atom is -0.327 e. The summed E-state index contributed by atoms with van der Waals surface area (Å²) in [7, 11) is -2.34. The van der Waals surface area contributed by atoms with Crippen molar-refractivity contribution in [3.8, 4) is 11.5 Å². The molecule has 12 heteroatoms. The van der Waals surface area contributed by atoms with Crippen LogP contribution in [0.2, 0.25) is 0 Å². The Kier molecular flexibility index (Phi) is 8.42. The topological polar surface area (TPSA) is 89.6 Å². The first-order valence-electron chi connectivity index (χ1n) is 9.55. The summed E-state index contributed by atoms with van der Waals surface area (Å²) < 4.78 is 78.3. The van der Waals surface area contributed by atoms with Crippen molar-refractivity contribution in [1.82, 2.24) is 14.5 Å². The number of aliphatic imine (C=N–C) groups is 2. The van der Waals surface area contributed by atoms with Gasteiger partial charge in [-0.1, -0.05) is 6.92 Å². The minimum absolute atomic E-state index is 0.00731. The number of imidazole rings is 1. The van der Waals surface area contributed by atoms with E-state index in [0.717, 1.165) is 6.20 Å². The van der Waals surface area contributed by atoms with E-state index >= 15 is 0 Å². The van der Waals surface area contributed by atoms with Crippen LogP contribution >= 0.6 is 0 Å². The second-order valence-electron chi connectivity index (χ2n) is 6.79. The smallest absolute Gasteiger partial charge is 0.327 e. The zero-order valence-electron chi connectivity index (χ0n) is 17.5. The lowest BCUT2D eigenvalue weighted by atomic mass is 10.1. The van der Waals surface area contributed by atoms with Crippen molar-refractivity contribution < 1.29 is 26.0 Å². The molecule has 1 atom stereocenters. The summed E-state index contributed by atoms with van der Waals surface area (Å²) in [4.78, 5) is 15.8. The van der Waals surface area contributed by atoms with E-state index in [1.165, 1.54) is 43.2 Å². The minimum atomic E-state index is -4.48. The number of rotatable bonds is 10. The first-order valence-corrected chi connectivity index (χ1v) is 11.2. The molecule has 0 amide bonds. The fraction of sp³-hybridized carbons (Fsp3) is 0.400. The number of pyridine rings is 1. The molecule has 0 aromatic carbocycles. The van der Waals surface area contributed by atoms with Gasteiger partial charge in [-0.3, -0.25) is 15.0 Å². The summed E-state index contributed by atoms with van der Waals surface area (Å²) in [5.74, 6) is -0.173. The van der Waals surface area contributed by atoms with Gasteiger partial charge in [0.1, 0.15) is 11.9 Å². The maximum atomic E-state index is 14.4. The van der Waals surface area contributed by atoms with Crippen LogP contribution in [0.1, 0.15) is 37.2 Å². The highest BCUT2D eigenvalue weighted by molar-refractivity contribution is 7.91. The van der Waals surface area contributed by atoms with E-state index in [-0.39, 0.29) is 34.4 Å². The predicted molar refractivity (Wildman–Crippen MR) is 114 cm³/mol. The average Bonchev–Trinajstić information content (AvgIpc) is 3.12. The number of nitrogens with zero attached hydrogens (tertiary/aromatic N) is 5. The van der Waals surface area contributed by atoms with Crippen LogP contribution in [-0.4, -0.2) is 47.8 Å². The maximum absolute atomic E-state index is 14.4. The highest BCUT2D eigenvalue weighted by Gasteiger charge is 2.30. The van der Waals surface area contributed by atoms with Gasteiger partial charge in [0.05, 0.1) is 29.1 Å². The van der Waals surface area contributed by atoms with E-state index in [2.05, 4.69) is 26.7 Å². The van der Waals surface area contributed by atoms with Crippen molar-refractivity contribution in [2.45, 2.75) is 43.6 Å². The summed E-state index contributed by atoms with van der Waals surface area (Å²) in [6.07, 6.45) is -1.46. The fourth-order valence-electron chi connectivity index (χ4n) is 2.82. The van der Waals surface area contributed by atoms with Crippen LogP contribution < -0.4 is 0 Å². The Morgan fingerprint density at radius 2 is 2.00 bits per heavy atom. The molecule has 2 rings (SSSR count). The quantitative estimate of drug-likeness (QED) is 0.378. The van der Waals surface area contributed by atoms with Gasteiger partial charge in [-0.15, -0.1) is 0 Å². The van der Waals surface area contributed by atoms with Gasteiger partial charge in [0.2, 0.25) is 0 Å². The van der Waals surface area contributed by atoms with E-state index in [9.17, 15) is 26.0 Å². The highest BCUT2D eigenvalue weighted by atomic mass is 32.2. The molecule has 0 bridgehead atoms. The van der Waals surface area contributed by atoms with Crippen LogP contribution in [0.4, 0.5) is 17.6 Å². The van der Waals surface area contributed by atoms with E-state index in [0.29, 0.717) is 5.56 Å². The van der Waals surface area contributed by atoms with Crippen LogP contribution in [0.15, 0.2) is 45.6 Å². The molecular formula is C20H23F4N5O2S. The third-order valence-corrected chi connectivity index (χ3v) is 6.26. The lowest BCUT2D eigenvalue weighted by Crippen LogP contribution is -2.12. The summed E-state index contributed by atoms with van der Waals surface area (Å²) >= 11 is 0. The molecule has 32 heavy (non-hydrogen) atoms. The van der Waals surface area contributed by atoms with Gasteiger partial charge in [-0.25, -0.2) is 17.8 Å². The third-order valence-electron chi connectivity index (χ3n) is 4.52. The summed E-state index contributed by atoms with van der Waals surface area (Å²) in [5, 5.41) is 0. The lowest BCUT2D eigenvalue weighted by Gasteiger charge is -2.13. The van der Waals surface area contributed by atoms with Crippen LogP contribution in [0.5, 0.6) is 0 Å². The molecule has 0 aliphatic carbocycles. The molecule has 0 saturated heterocycles. The monoisotopic (exact) mass is 473 g/mol. The molecule has 0 saturated carbocycles. The van der Waals surface area contributed by atoms with Crippen molar-refractivity contribution in [3.05, 3.63) is 42.0 Å². The van der Waals surface area contributed by atoms with Gasteiger partial charge in [0, 0.05) is 32.1 Å². The Morgan fingerprint density at radius 1 is 1.28 bits per heavy atom. The molecule has 7 nitrogen and oxygen atoms in total. The van der Waals surface area contributed by atoms with Crippen molar-refractivity contribution in [2.24, 2.45) is 17.0 Å². The summed E-state index contributed by atoms with van der Waals surface area (Å²) in [6.45, 7) is 4.90. The molecule has 0 aliphatic heterocycles. The number of allylic oxidation sites excluding steroid dienone is 1. The summed E-state index contributed by atoms with van der Waals surface area (Å²) in [5.41, 5.74) is 0.411. The van der Waals surface area contributed by atoms with Crippen LogP contribution in [0, 0.1) is 0 Å². The molecule has 2 aromatic heterocycles. The molecule has 0 spiro atoms. The van der Waals surface area contributed by atoms with Gasteiger partial charge in [-0.2, -0.15) is 13.2 Å². The second-order valence-corrected chi connectivity index (χ2v) is 9.04. The Balaban J connectivity index is 2.42. The molecule has 0 aliphatic rings. The number of aromatic nitrogens is 3. The number of hydrogen-bond acceptors (Lipinski definition) is 6. The third kappa shape index (κ3) is 6.55. The standard InChI is InChI=1S/C20H23F4N5O2S/c1-4-32(30,31)17-10-14(11-26-9-5-8-25-2)12-27-18(17)19-28-13-16(29(19)3)15(21)6-7-20(22,23)24/h5,8-10,12-13,15H,2,4,6-7,11H2,1,3H3/b8-5-,26-9-/t15-/m0/s1. The molecular weight excluding hydrogens is 450 g/mol. The van der Waals surface area contributed by atoms with E-state index in [1.807, 2.05) is 0 Å². The maximum Gasteiger partial charge on any atom is 0.389 e. The normalized spacial score (nSPS) is 13.8. The number of hydrogen-bond donors (Lipinski definition) is 0. The van der Waals surface area contributed by atoms with Crippen molar-refractivity contribution in [1.29, 1.82) is 0 Å². The number of halogens is 4. The van der Waals surface area contributed by atoms with Crippen molar-refractivity contribution in [2.75, 3.05) is 5.75 Å². The second kappa shape index (κ2) is 10.6. The van der Waals surface area contributed by atoms with Crippen LogP contribution in [-0.2, 0) is 23.4 Å². The molecule has 0 N–H and O–H groups in total. The number of alkyl halides is 4. The Labute approximate surface area is 183 Å². The van der Waals surface area contributed by atoms with Crippen molar-refractivity contribution in [3.63, 3.8) is 0 Å². The lowest BCUT2D eigenvalue weighted by molar-refractivity contribution is -0.138. The van der Waals surface area contributed by atoms with E-state index in [4.69, 9.17) is 0 Å². The predicted octanol–water partition coefficient (Wildman–Crippen LogP) is 4.41.